The van der Waals surface area contributed by atoms with Crippen molar-refractivity contribution >= 4 is 34.2 Å². The SMILES string of the molecule is COc1cc(CCl)c(I)cc1C#N. The van der Waals surface area contributed by atoms with E-state index in [9.17, 15) is 0 Å². The summed E-state index contributed by atoms with van der Waals surface area (Å²) in [6.45, 7) is 0. The van der Waals surface area contributed by atoms with Gasteiger partial charge in [0.2, 0.25) is 0 Å². The fourth-order valence-electron chi connectivity index (χ4n) is 0.954. The van der Waals surface area contributed by atoms with E-state index in [1.54, 1.807) is 19.2 Å². The number of alkyl halides is 1. The molecule has 1 aromatic carbocycles. The fourth-order valence-corrected chi connectivity index (χ4v) is 2.06. The highest BCUT2D eigenvalue weighted by Crippen LogP contribution is 2.25. The Kier molecular flexibility index (Phi) is 3.82. The van der Waals surface area contributed by atoms with Crippen molar-refractivity contribution in [3.8, 4) is 11.8 Å². The molecular weight excluding hydrogens is 300 g/mol. The summed E-state index contributed by atoms with van der Waals surface area (Å²) in [5.41, 5.74) is 1.53. The van der Waals surface area contributed by atoms with Crippen LogP contribution in [0.1, 0.15) is 11.1 Å². The van der Waals surface area contributed by atoms with E-state index in [2.05, 4.69) is 28.7 Å². The van der Waals surface area contributed by atoms with Crippen molar-refractivity contribution < 1.29 is 4.74 Å². The van der Waals surface area contributed by atoms with Crippen molar-refractivity contribution in [1.29, 1.82) is 5.26 Å². The van der Waals surface area contributed by atoms with Crippen LogP contribution < -0.4 is 4.74 Å². The number of benzene rings is 1. The van der Waals surface area contributed by atoms with Crippen molar-refractivity contribution in [1.82, 2.24) is 0 Å². The van der Waals surface area contributed by atoms with E-state index >= 15 is 0 Å². The van der Waals surface area contributed by atoms with Crippen LogP contribution in [0.25, 0.3) is 0 Å². The van der Waals surface area contributed by atoms with E-state index in [-0.39, 0.29) is 0 Å². The zero-order valence-corrected chi connectivity index (χ0v) is 9.89. The molecule has 0 spiro atoms. The van der Waals surface area contributed by atoms with Gasteiger partial charge in [0.25, 0.3) is 0 Å². The molecular formula is C9H7ClINO. The van der Waals surface area contributed by atoms with Crippen molar-refractivity contribution in [2.75, 3.05) is 7.11 Å². The summed E-state index contributed by atoms with van der Waals surface area (Å²) in [4.78, 5) is 0. The molecule has 0 aliphatic carbocycles. The zero-order chi connectivity index (χ0) is 9.84. The van der Waals surface area contributed by atoms with E-state index < -0.39 is 0 Å². The van der Waals surface area contributed by atoms with Crippen molar-refractivity contribution in [2.45, 2.75) is 5.88 Å². The van der Waals surface area contributed by atoms with Gasteiger partial charge < -0.3 is 4.74 Å². The Morgan fingerprint density at radius 1 is 1.62 bits per heavy atom. The molecule has 0 saturated heterocycles. The average Bonchev–Trinajstić information content (AvgIpc) is 2.17. The Labute approximate surface area is 95.6 Å². The third-order valence-electron chi connectivity index (χ3n) is 1.63. The summed E-state index contributed by atoms with van der Waals surface area (Å²) in [6.07, 6.45) is 0. The molecule has 1 rings (SSSR count). The average molecular weight is 308 g/mol. The van der Waals surface area contributed by atoms with Gasteiger partial charge in [-0.15, -0.1) is 11.6 Å². The maximum atomic E-state index is 8.77. The smallest absolute Gasteiger partial charge is 0.137 e. The van der Waals surface area contributed by atoms with Gasteiger partial charge in [0, 0.05) is 9.45 Å². The lowest BCUT2D eigenvalue weighted by Gasteiger charge is -2.06. The lowest BCUT2D eigenvalue weighted by molar-refractivity contribution is 0.413. The molecule has 2 nitrogen and oxygen atoms in total. The molecule has 0 amide bonds. The molecule has 0 aliphatic rings. The Hall–Kier alpha value is -0.470. The second-order valence-corrected chi connectivity index (χ2v) is 3.82. The summed E-state index contributed by atoms with van der Waals surface area (Å²) >= 11 is 7.86. The predicted molar refractivity (Wildman–Crippen MR) is 60.0 cm³/mol. The molecule has 0 aliphatic heterocycles. The molecule has 0 saturated carbocycles. The van der Waals surface area contributed by atoms with Crippen LogP contribution in [0.5, 0.6) is 5.75 Å². The quantitative estimate of drug-likeness (QED) is 0.622. The van der Waals surface area contributed by atoms with Gasteiger partial charge in [-0.25, -0.2) is 0 Å². The third-order valence-corrected chi connectivity index (χ3v) is 2.93. The fraction of sp³-hybridized carbons (Fsp3) is 0.222. The van der Waals surface area contributed by atoms with Crippen LogP contribution in [0.4, 0.5) is 0 Å². The number of ether oxygens (including phenoxy) is 1. The Morgan fingerprint density at radius 2 is 2.31 bits per heavy atom. The molecule has 4 heteroatoms. The minimum atomic E-state index is 0.431. The summed E-state index contributed by atoms with van der Waals surface area (Å²) in [5.74, 6) is 1.01. The molecule has 0 bridgehead atoms. The first-order valence-corrected chi connectivity index (χ1v) is 5.16. The molecule has 13 heavy (non-hydrogen) atoms. The maximum absolute atomic E-state index is 8.77. The first kappa shape index (κ1) is 10.6. The number of rotatable bonds is 2. The molecule has 1 aromatic rings. The Balaban J connectivity index is 3.28. The van der Waals surface area contributed by atoms with Gasteiger partial charge in [-0.05, 0) is 40.3 Å². The topological polar surface area (TPSA) is 33.0 Å². The molecule has 0 aromatic heterocycles. The second kappa shape index (κ2) is 4.68. The first-order chi connectivity index (χ1) is 6.22. The number of methoxy groups -OCH3 is 1. The lowest BCUT2D eigenvalue weighted by Crippen LogP contribution is -1.92. The highest BCUT2D eigenvalue weighted by Gasteiger charge is 2.07. The summed E-state index contributed by atoms with van der Waals surface area (Å²) in [5, 5.41) is 8.77. The first-order valence-electron chi connectivity index (χ1n) is 3.55. The number of nitriles is 1. The van der Waals surface area contributed by atoms with Crippen LogP contribution >= 0.6 is 34.2 Å². The molecule has 0 fully saturated rings. The van der Waals surface area contributed by atoms with Gasteiger partial charge >= 0.3 is 0 Å². The van der Waals surface area contributed by atoms with Crippen LogP contribution in [0.15, 0.2) is 12.1 Å². The highest BCUT2D eigenvalue weighted by atomic mass is 127. The molecule has 68 valence electrons. The van der Waals surface area contributed by atoms with Crippen LogP contribution in [0.3, 0.4) is 0 Å². The zero-order valence-electron chi connectivity index (χ0n) is 6.97. The van der Waals surface area contributed by atoms with Crippen molar-refractivity contribution in [3.05, 3.63) is 26.8 Å². The maximum Gasteiger partial charge on any atom is 0.137 e. The standard InChI is InChI=1S/C9H7ClINO/c1-13-9-3-6(4-10)8(11)2-7(9)5-12/h2-3H,4H2,1H3. The number of hydrogen-bond donors (Lipinski definition) is 0. The number of nitrogens with zero attached hydrogens (tertiary/aromatic N) is 1. The van der Waals surface area contributed by atoms with E-state index in [4.69, 9.17) is 21.6 Å². The van der Waals surface area contributed by atoms with E-state index in [0.717, 1.165) is 9.13 Å². The van der Waals surface area contributed by atoms with E-state index in [1.165, 1.54) is 0 Å². The largest absolute Gasteiger partial charge is 0.495 e. The lowest BCUT2D eigenvalue weighted by atomic mass is 10.1. The van der Waals surface area contributed by atoms with Gasteiger partial charge in [-0.2, -0.15) is 5.26 Å². The Morgan fingerprint density at radius 3 is 2.77 bits per heavy atom. The van der Waals surface area contributed by atoms with Crippen molar-refractivity contribution in [3.63, 3.8) is 0 Å². The predicted octanol–water partition coefficient (Wildman–Crippen LogP) is 2.91. The number of halogens is 2. The molecule has 0 radical (unpaired) electrons. The van der Waals surface area contributed by atoms with Crippen LogP contribution in [-0.4, -0.2) is 7.11 Å². The highest BCUT2D eigenvalue weighted by molar-refractivity contribution is 14.1. The minimum Gasteiger partial charge on any atom is -0.495 e. The molecule has 0 unspecified atom stereocenters. The van der Waals surface area contributed by atoms with Crippen LogP contribution in [-0.2, 0) is 5.88 Å². The van der Waals surface area contributed by atoms with E-state index in [0.29, 0.717) is 17.2 Å². The number of hydrogen-bond acceptors (Lipinski definition) is 2. The minimum absolute atomic E-state index is 0.431. The third kappa shape index (κ3) is 2.26. The van der Waals surface area contributed by atoms with Gasteiger partial charge in [0.15, 0.2) is 0 Å². The summed E-state index contributed by atoms with van der Waals surface area (Å²) in [7, 11) is 1.54. The van der Waals surface area contributed by atoms with Crippen LogP contribution in [0.2, 0.25) is 0 Å². The van der Waals surface area contributed by atoms with Crippen LogP contribution in [0, 0.1) is 14.9 Å². The Bertz CT molecular complexity index is 359. The van der Waals surface area contributed by atoms with Gasteiger partial charge in [0.1, 0.15) is 11.8 Å². The van der Waals surface area contributed by atoms with Gasteiger partial charge in [-0.3, -0.25) is 0 Å². The molecule has 0 heterocycles. The van der Waals surface area contributed by atoms with Gasteiger partial charge in [0.05, 0.1) is 12.7 Å². The molecule has 0 atom stereocenters. The molecule has 0 N–H and O–H groups in total. The van der Waals surface area contributed by atoms with Gasteiger partial charge in [-0.1, -0.05) is 0 Å². The summed E-state index contributed by atoms with van der Waals surface area (Å²) in [6, 6.07) is 5.64. The summed E-state index contributed by atoms with van der Waals surface area (Å²) < 4.78 is 6.04. The van der Waals surface area contributed by atoms with Crippen molar-refractivity contribution in [2.24, 2.45) is 0 Å². The normalized spacial score (nSPS) is 9.38. The van der Waals surface area contributed by atoms with E-state index in [1.807, 2.05) is 0 Å². The second-order valence-electron chi connectivity index (χ2n) is 2.39. The monoisotopic (exact) mass is 307 g/mol.